The number of hydrogen-bond donors (Lipinski definition) is 2. The Hall–Kier alpha value is -2.02. The normalized spacial score (nSPS) is 19.9. The Morgan fingerprint density at radius 3 is 2.94 bits per heavy atom. The van der Waals surface area contributed by atoms with E-state index in [-0.39, 0.29) is 30.2 Å². The van der Waals surface area contributed by atoms with E-state index in [4.69, 9.17) is 9.84 Å². The van der Waals surface area contributed by atoms with Gasteiger partial charge in [0.1, 0.15) is 12.4 Å². The second-order valence-corrected chi connectivity index (χ2v) is 3.38. The van der Waals surface area contributed by atoms with Gasteiger partial charge in [-0.15, -0.1) is 0 Å². The van der Waals surface area contributed by atoms with E-state index in [9.17, 15) is 15.2 Å². The van der Waals surface area contributed by atoms with Crippen molar-refractivity contribution >= 4 is 5.69 Å². The number of aliphatic hydroxyl groups is 2. The van der Waals surface area contributed by atoms with Crippen LogP contribution < -0.4 is 0 Å². The Kier molecular flexibility index (Phi) is 2.53. The SMILES string of the molecule is O=[N+]([O-])c1ccn([C@H]2CC(O)=C(CO)O2)c1. The summed E-state index contributed by atoms with van der Waals surface area (Å²) in [6.45, 7) is -0.383. The van der Waals surface area contributed by atoms with Crippen LogP contribution in [0.15, 0.2) is 30.0 Å². The second kappa shape index (κ2) is 3.86. The predicted molar refractivity (Wildman–Crippen MR) is 52.6 cm³/mol. The number of nitrogens with zero attached hydrogens (tertiary/aromatic N) is 2. The lowest BCUT2D eigenvalue weighted by molar-refractivity contribution is -0.384. The summed E-state index contributed by atoms with van der Waals surface area (Å²) in [4.78, 5) is 9.96. The van der Waals surface area contributed by atoms with Crippen LogP contribution in [-0.2, 0) is 4.74 Å². The molecule has 1 aliphatic heterocycles. The summed E-state index contributed by atoms with van der Waals surface area (Å²) in [5, 5.41) is 28.7. The second-order valence-electron chi connectivity index (χ2n) is 3.38. The van der Waals surface area contributed by atoms with Gasteiger partial charge in [-0.2, -0.15) is 0 Å². The van der Waals surface area contributed by atoms with Crippen molar-refractivity contribution in [3.05, 3.63) is 40.1 Å². The highest BCUT2D eigenvalue weighted by Crippen LogP contribution is 2.31. The maximum atomic E-state index is 10.5. The maximum Gasteiger partial charge on any atom is 0.287 e. The molecule has 1 aromatic rings. The quantitative estimate of drug-likeness (QED) is 0.593. The number of rotatable bonds is 3. The van der Waals surface area contributed by atoms with E-state index in [1.54, 1.807) is 0 Å². The minimum absolute atomic E-state index is 0.0242. The van der Waals surface area contributed by atoms with Crippen molar-refractivity contribution in [1.82, 2.24) is 4.57 Å². The minimum atomic E-state index is -0.532. The topological polar surface area (TPSA) is 97.8 Å². The first-order chi connectivity index (χ1) is 7.61. The molecular weight excluding hydrogens is 216 g/mol. The third-order valence-corrected chi connectivity index (χ3v) is 2.35. The van der Waals surface area contributed by atoms with Crippen LogP contribution in [0.5, 0.6) is 0 Å². The zero-order chi connectivity index (χ0) is 11.7. The molecule has 2 heterocycles. The van der Waals surface area contributed by atoms with Crippen molar-refractivity contribution < 1.29 is 19.9 Å². The molecule has 7 nitrogen and oxygen atoms in total. The summed E-state index contributed by atoms with van der Waals surface area (Å²) in [7, 11) is 0. The molecule has 0 fully saturated rings. The monoisotopic (exact) mass is 226 g/mol. The molecule has 0 spiro atoms. The van der Waals surface area contributed by atoms with Crippen molar-refractivity contribution in [1.29, 1.82) is 0 Å². The molecule has 0 saturated carbocycles. The fraction of sp³-hybridized carbons (Fsp3) is 0.333. The fourth-order valence-electron chi connectivity index (χ4n) is 1.54. The van der Waals surface area contributed by atoms with Crippen LogP contribution in [0.2, 0.25) is 0 Å². The molecule has 0 saturated heterocycles. The first-order valence-corrected chi connectivity index (χ1v) is 4.62. The van der Waals surface area contributed by atoms with Gasteiger partial charge in [-0.1, -0.05) is 0 Å². The summed E-state index contributed by atoms with van der Waals surface area (Å²) in [6, 6.07) is 1.34. The summed E-state index contributed by atoms with van der Waals surface area (Å²) >= 11 is 0. The van der Waals surface area contributed by atoms with Gasteiger partial charge in [0.05, 0.1) is 17.5 Å². The molecule has 0 amide bonds. The summed E-state index contributed by atoms with van der Waals surface area (Å²) < 4.78 is 6.71. The van der Waals surface area contributed by atoms with Crippen molar-refractivity contribution in [3.8, 4) is 0 Å². The Balaban J connectivity index is 2.13. The molecule has 86 valence electrons. The van der Waals surface area contributed by atoms with Gasteiger partial charge >= 0.3 is 0 Å². The molecule has 2 rings (SSSR count). The summed E-state index contributed by atoms with van der Waals surface area (Å²) in [5.74, 6) is 0.0882. The molecule has 0 aliphatic carbocycles. The number of hydrogen-bond acceptors (Lipinski definition) is 5. The van der Waals surface area contributed by atoms with E-state index in [2.05, 4.69) is 0 Å². The zero-order valence-corrected chi connectivity index (χ0v) is 8.24. The number of ether oxygens (including phenoxy) is 1. The highest BCUT2D eigenvalue weighted by molar-refractivity contribution is 5.26. The Labute approximate surface area is 90.3 Å². The van der Waals surface area contributed by atoms with Crippen molar-refractivity contribution in [3.63, 3.8) is 0 Å². The van der Waals surface area contributed by atoms with Gasteiger partial charge in [0.15, 0.2) is 12.0 Å². The smallest absolute Gasteiger partial charge is 0.287 e. The van der Waals surface area contributed by atoms with Gasteiger partial charge < -0.3 is 19.5 Å². The number of aliphatic hydroxyl groups excluding tert-OH is 2. The van der Waals surface area contributed by atoms with Crippen molar-refractivity contribution in [2.45, 2.75) is 12.6 Å². The molecule has 1 atom stereocenters. The van der Waals surface area contributed by atoms with Crippen LogP contribution in [0.3, 0.4) is 0 Å². The van der Waals surface area contributed by atoms with Gasteiger partial charge in [0.2, 0.25) is 0 Å². The molecule has 0 unspecified atom stereocenters. The Morgan fingerprint density at radius 1 is 1.69 bits per heavy atom. The maximum absolute atomic E-state index is 10.5. The molecule has 1 aromatic heterocycles. The average Bonchev–Trinajstić information content (AvgIpc) is 2.83. The van der Waals surface area contributed by atoms with Crippen LogP contribution in [0.25, 0.3) is 0 Å². The highest BCUT2D eigenvalue weighted by Gasteiger charge is 2.27. The third-order valence-electron chi connectivity index (χ3n) is 2.35. The van der Waals surface area contributed by atoms with E-state index in [0.717, 1.165) is 0 Å². The molecule has 0 aromatic carbocycles. The molecule has 1 aliphatic rings. The first-order valence-electron chi connectivity index (χ1n) is 4.62. The number of nitro groups is 1. The van der Waals surface area contributed by atoms with Crippen LogP contribution >= 0.6 is 0 Å². The largest absolute Gasteiger partial charge is 0.508 e. The van der Waals surface area contributed by atoms with Gasteiger partial charge in [0, 0.05) is 12.3 Å². The van der Waals surface area contributed by atoms with E-state index in [1.165, 1.54) is 23.0 Å². The molecule has 16 heavy (non-hydrogen) atoms. The summed E-state index contributed by atoms with van der Waals surface area (Å²) in [6.07, 6.45) is 2.48. The summed E-state index contributed by atoms with van der Waals surface area (Å²) in [5.41, 5.74) is -0.0412. The zero-order valence-electron chi connectivity index (χ0n) is 8.24. The average molecular weight is 226 g/mol. The van der Waals surface area contributed by atoms with E-state index < -0.39 is 11.2 Å². The Bertz CT molecular complexity index is 451. The first kappa shape index (κ1) is 10.5. The Morgan fingerprint density at radius 2 is 2.44 bits per heavy atom. The van der Waals surface area contributed by atoms with E-state index in [1.807, 2.05) is 0 Å². The van der Waals surface area contributed by atoms with Gasteiger partial charge in [-0.3, -0.25) is 10.1 Å². The molecule has 0 bridgehead atoms. The lowest BCUT2D eigenvalue weighted by atomic mass is 10.3. The van der Waals surface area contributed by atoms with Crippen LogP contribution in [-0.4, -0.2) is 26.3 Å². The fourth-order valence-corrected chi connectivity index (χ4v) is 1.54. The van der Waals surface area contributed by atoms with Crippen molar-refractivity contribution in [2.75, 3.05) is 6.61 Å². The highest BCUT2D eigenvalue weighted by atomic mass is 16.6. The lowest BCUT2D eigenvalue weighted by Gasteiger charge is -2.12. The van der Waals surface area contributed by atoms with Gasteiger partial charge in [0.25, 0.3) is 5.69 Å². The molecule has 0 radical (unpaired) electrons. The lowest BCUT2D eigenvalue weighted by Crippen LogP contribution is -2.06. The molecule has 7 heteroatoms. The van der Waals surface area contributed by atoms with Crippen LogP contribution in [0, 0.1) is 10.1 Å². The van der Waals surface area contributed by atoms with Crippen molar-refractivity contribution in [2.24, 2.45) is 0 Å². The van der Waals surface area contributed by atoms with Gasteiger partial charge in [-0.25, -0.2) is 0 Å². The van der Waals surface area contributed by atoms with E-state index >= 15 is 0 Å². The van der Waals surface area contributed by atoms with Crippen LogP contribution in [0.4, 0.5) is 5.69 Å². The standard InChI is InChI=1S/C9H10N2O5/c12-5-8-7(13)3-9(16-8)10-2-1-6(4-10)11(14)15/h1-2,4,9,12-13H,3,5H2/t9-/m1/s1. The van der Waals surface area contributed by atoms with E-state index in [0.29, 0.717) is 0 Å². The van der Waals surface area contributed by atoms with Crippen LogP contribution in [0.1, 0.15) is 12.6 Å². The predicted octanol–water partition coefficient (Wildman–Crippen LogP) is 1.08. The van der Waals surface area contributed by atoms with Gasteiger partial charge in [-0.05, 0) is 0 Å². The third kappa shape index (κ3) is 1.72. The number of aromatic nitrogens is 1. The molecular formula is C9H10N2O5. The molecule has 2 N–H and O–H groups in total. The minimum Gasteiger partial charge on any atom is -0.508 e.